The monoisotopic (exact) mass is 307 g/mol. The third-order valence-corrected chi connectivity index (χ3v) is 3.90. The molecule has 0 radical (unpaired) electrons. The molecule has 0 aliphatic heterocycles. The molecule has 0 fully saturated rings. The fourth-order valence-corrected chi connectivity index (χ4v) is 2.52. The van der Waals surface area contributed by atoms with Crippen LogP contribution >= 0.6 is 0 Å². The first-order valence-corrected chi connectivity index (χ1v) is 7.78. The van der Waals surface area contributed by atoms with Crippen LogP contribution in [0.15, 0.2) is 67.0 Å². The van der Waals surface area contributed by atoms with E-state index in [1.165, 1.54) is 5.56 Å². The quantitative estimate of drug-likeness (QED) is 0.735. The molecule has 4 nitrogen and oxygen atoms in total. The molecule has 2 aromatic carbocycles. The van der Waals surface area contributed by atoms with E-state index in [4.69, 9.17) is 0 Å². The lowest BCUT2D eigenvalue weighted by molar-refractivity contribution is 0.281. The van der Waals surface area contributed by atoms with Crippen LogP contribution < -0.4 is 5.32 Å². The second kappa shape index (κ2) is 7.22. The topological polar surface area (TPSA) is 50.1 Å². The minimum Gasteiger partial charge on any atom is -0.392 e. The highest BCUT2D eigenvalue weighted by molar-refractivity contribution is 5.31. The van der Waals surface area contributed by atoms with Gasteiger partial charge in [0.25, 0.3) is 0 Å². The number of benzene rings is 2. The van der Waals surface area contributed by atoms with Crippen molar-refractivity contribution in [2.75, 3.05) is 0 Å². The lowest BCUT2D eigenvalue weighted by Crippen LogP contribution is -2.18. The molecule has 0 bridgehead atoms. The van der Waals surface area contributed by atoms with Gasteiger partial charge in [0.2, 0.25) is 0 Å². The van der Waals surface area contributed by atoms with Gasteiger partial charge in [-0.1, -0.05) is 42.5 Å². The van der Waals surface area contributed by atoms with Gasteiger partial charge in [-0.15, -0.1) is 0 Å². The molecule has 2 N–H and O–H groups in total. The zero-order valence-corrected chi connectivity index (χ0v) is 13.2. The molecule has 118 valence electrons. The Hall–Kier alpha value is -2.43. The van der Waals surface area contributed by atoms with Crippen LogP contribution in [-0.2, 0) is 13.2 Å². The molecule has 1 atom stereocenters. The Kier molecular flexibility index (Phi) is 4.86. The molecule has 23 heavy (non-hydrogen) atoms. The van der Waals surface area contributed by atoms with Crippen LogP contribution in [0.4, 0.5) is 0 Å². The minimum atomic E-state index is 0.0738. The number of hydrogen-bond acceptors (Lipinski definition) is 3. The average Bonchev–Trinajstić information content (AvgIpc) is 3.09. The predicted octanol–water partition coefficient (Wildman–Crippen LogP) is 3.22. The van der Waals surface area contributed by atoms with Crippen LogP contribution in [0.25, 0.3) is 5.69 Å². The molecule has 0 saturated heterocycles. The summed E-state index contributed by atoms with van der Waals surface area (Å²) in [6.45, 7) is 2.94. The van der Waals surface area contributed by atoms with Crippen LogP contribution in [0, 0.1) is 0 Å². The summed E-state index contributed by atoms with van der Waals surface area (Å²) >= 11 is 0. The maximum absolute atomic E-state index is 9.23. The lowest BCUT2D eigenvalue weighted by Gasteiger charge is -2.14. The van der Waals surface area contributed by atoms with Crippen molar-refractivity contribution in [1.29, 1.82) is 0 Å². The van der Waals surface area contributed by atoms with E-state index in [2.05, 4.69) is 23.4 Å². The normalized spacial score (nSPS) is 12.3. The van der Waals surface area contributed by atoms with E-state index < -0.39 is 0 Å². The Morgan fingerprint density at radius 2 is 1.91 bits per heavy atom. The van der Waals surface area contributed by atoms with E-state index >= 15 is 0 Å². The number of aliphatic hydroxyl groups excluding tert-OH is 1. The predicted molar refractivity (Wildman–Crippen MR) is 91.2 cm³/mol. The van der Waals surface area contributed by atoms with Gasteiger partial charge >= 0.3 is 0 Å². The van der Waals surface area contributed by atoms with Crippen LogP contribution in [0.1, 0.15) is 29.7 Å². The van der Waals surface area contributed by atoms with Crippen LogP contribution in [0.2, 0.25) is 0 Å². The standard InChI is InChI=1S/C19H21N3O/c1-15(18-7-5-6-16(10-18)14-23)20-11-17-12-21-22(13-17)19-8-3-2-4-9-19/h2-10,12-13,15,20,23H,11,14H2,1H3. The zero-order chi connectivity index (χ0) is 16.1. The molecule has 0 saturated carbocycles. The molecule has 0 aliphatic rings. The first-order chi connectivity index (χ1) is 11.3. The van der Waals surface area contributed by atoms with Crippen LogP contribution in [0.5, 0.6) is 0 Å². The van der Waals surface area contributed by atoms with Crippen LogP contribution in [0.3, 0.4) is 0 Å². The van der Waals surface area contributed by atoms with E-state index in [0.717, 1.165) is 23.4 Å². The molecule has 4 heteroatoms. The number of nitrogens with one attached hydrogen (secondary N) is 1. The van der Waals surface area contributed by atoms with Crippen molar-refractivity contribution in [2.24, 2.45) is 0 Å². The second-order valence-electron chi connectivity index (χ2n) is 5.63. The average molecular weight is 307 g/mol. The number of hydrogen-bond donors (Lipinski definition) is 2. The highest BCUT2D eigenvalue weighted by atomic mass is 16.3. The van der Waals surface area contributed by atoms with Crippen molar-refractivity contribution in [2.45, 2.75) is 26.1 Å². The Morgan fingerprint density at radius 3 is 2.70 bits per heavy atom. The SMILES string of the molecule is CC(NCc1cnn(-c2ccccc2)c1)c1cccc(CO)c1. The van der Waals surface area contributed by atoms with Gasteiger partial charge in [-0.05, 0) is 30.2 Å². The zero-order valence-electron chi connectivity index (χ0n) is 13.2. The first kappa shape index (κ1) is 15.5. The molecular formula is C19H21N3O. The third-order valence-electron chi connectivity index (χ3n) is 3.90. The Morgan fingerprint density at radius 1 is 1.09 bits per heavy atom. The molecule has 0 spiro atoms. The van der Waals surface area contributed by atoms with E-state index in [1.54, 1.807) is 0 Å². The van der Waals surface area contributed by atoms with Crippen molar-refractivity contribution in [3.05, 3.63) is 83.7 Å². The lowest BCUT2D eigenvalue weighted by atomic mass is 10.1. The Bertz CT molecular complexity index is 752. The molecule has 3 rings (SSSR count). The maximum atomic E-state index is 9.23. The van der Waals surface area contributed by atoms with Crippen molar-refractivity contribution >= 4 is 0 Å². The number of para-hydroxylation sites is 1. The molecule has 3 aromatic rings. The summed E-state index contributed by atoms with van der Waals surface area (Å²) in [6.07, 6.45) is 3.93. The number of nitrogens with zero attached hydrogens (tertiary/aromatic N) is 2. The van der Waals surface area contributed by atoms with Crippen molar-refractivity contribution in [3.8, 4) is 5.69 Å². The van der Waals surface area contributed by atoms with Gasteiger partial charge in [0, 0.05) is 24.3 Å². The summed E-state index contributed by atoms with van der Waals surface area (Å²) in [5.41, 5.74) is 4.31. The highest BCUT2D eigenvalue weighted by Crippen LogP contribution is 2.15. The van der Waals surface area contributed by atoms with Crippen LogP contribution in [-0.4, -0.2) is 14.9 Å². The molecular weight excluding hydrogens is 286 g/mol. The van der Waals surface area contributed by atoms with E-state index in [0.29, 0.717) is 0 Å². The number of rotatable bonds is 6. The first-order valence-electron chi connectivity index (χ1n) is 7.78. The van der Waals surface area contributed by atoms with Gasteiger partial charge in [0.1, 0.15) is 0 Å². The molecule has 0 amide bonds. The minimum absolute atomic E-state index is 0.0738. The third kappa shape index (κ3) is 3.86. The fraction of sp³-hybridized carbons (Fsp3) is 0.211. The van der Waals surface area contributed by atoms with Gasteiger partial charge in [-0.2, -0.15) is 5.10 Å². The summed E-state index contributed by atoms with van der Waals surface area (Å²) < 4.78 is 1.88. The smallest absolute Gasteiger partial charge is 0.0681 e. The number of aromatic nitrogens is 2. The summed E-state index contributed by atoms with van der Waals surface area (Å²) in [5, 5.41) is 17.1. The highest BCUT2D eigenvalue weighted by Gasteiger charge is 2.07. The summed E-state index contributed by atoms with van der Waals surface area (Å²) in [5.74, 6) is 0. The summed E-state index contributed by atoms with van der Waals surface area (Å²) in [7, 11) is 0. The second-order valence-corrected chi connectivity index (χ2v) is 5.63. The summed E-state index contributed by atoms with van der Waals surface area (Å²) in [4.78, 5) is 0. The van der Waals surface area contributed by atoms with Crippen molar-refractivity contribution in [3.63, 3.8) is 0 Å². The summed E-state index contributed by atoms with van der Waals surface area (Å²) in [6, 6.07) is 18.3. The Balaban J connectivity index is 1.63. The van der Waals surface area contributed by atoms with Gasteiger partial charge in [-0.25, -0.2) is 4.68 Å². The Labute approximate surface area is 136 Å². The maximum Gasteiger partial charge on any atom is 0.0681 e. The number of aliphatic hydroxyl groups is 1. The largest absolute Gasteiger partial charge is 0.392 e. The van der Waals surface area contributed by atoms with E-state index in [9.17, 15) is 5.11 Å². The molecule has 1 unspecified atom stereocenters. The van der Waals surface area contributed by atoms with Gasteiger partial charge in [0.05, 0.1) is 18.5 Å². The van der Waals surface area contributed by atoms with Crippen molar-refractivity contribution < 1.29 is 5.11 Å². The fourth-order valence-electron chi connectivity index (χ4n) is 2.52. The van der Waals surface area contributed by atoms with Gasteiger partial charge < -0.3 is 10.4 Å². The molecule has 1 aromatic heterocycles. The van der Waals surface area contributed by atoms with E-state index in [-0.39, 0.29) is 12.6 Å². The van der Waals surface area contributed by atoms with Gasteiger partial charge in [-0.3, -0.25) is 0 Å². The molecule has 1 heterocycles. The van der Waals surface area contributed by atoms with Gasteiger partial charge in [0.15, 0.2) is 0 Å². The van der Waals surface area contributed by atoms with E-state index in [1.807, 2.05) is 65.6 Å². The molecule has 0 aliphatic carbocycles. The van der Waals surface area contributed by atoms with Crippen molar-refractivity contribution in [1.82, 2.24) is 15.1 Å².